The lowest BCUT2D eigenvalue weighted by Gasteiger charge is -2.37. The third-order valence-corrected chi connectivity index (χ3v) is 10.1. The summed E-state index contributed by atoms with van der Waals surface area (Å²) in [6.45, 7) is 18.7. The first-order valence-electron chi connectivity index (χ1n) is 18.7. The number of rotatable bonds is 19. The highest BCUT2D eigenvalue weighted by Crippen LogP contribution is 2.29. The topological polar surface area (TPSA) is 121 Å². The molecule has 1 fully saturated rings. The van der Waals surface area contributed by atoms with Gasteiger partial charge in [-0.15, -0.1) is 0 Å². The Bertz CT molecular complexity index is 1150. The van der Waals surface area contributed by atoms with Crippen molar-refractivity contribution in [3.63, 3.8) is 0 Å². The maximum Gasteiger partial charge on any atom is 0.242 e. The van der Waals surface area contributed by atoms with E-state index in [9.17, 15) is 14.4 Å². The monoisotopic (exact) mass is 719 g/mol. The number of carbonyl (C=O) groups excluding carboxylic acids is 3. The van der Waals surface area contributed by atoms with E-state index >= 15 is 0 Å². The molecule has 2 amide bonds. The number of aldehydes is 1. The molecule has 0 aromatic heterocycles. The van der Waals surface area contributed by atoms with E-state index in [1.54, 1.807) is 45.0 Å². The van der Waals surface area contributed by atoms with Gasteiger partial charge in [0.2, 0.25) is 11.8 Å². The molecule has 0 spiro atoms. The van der Waals surface area contributed by atoms with Crippen molar-refractivity contribution in [2.45, 2.75) is 110 Å². The smallest absolute Gasteiger partial charge is 0.242 e. The largest absolute Gasteiger partial charge is 0.399 e. The van der Waals surface area contributed by atoms with E-state index < -0.39 is 0 Å². The number of hydrogen-bond donors (Lipinski definition) is 2. The van der Waals surface area contributed by atoms with E-state index in [1.165, 1.54) is 24.8 Å². The molecule has 3 N–H and O–H groups in total. The predicted molar refractivity (Wildman–Crippen MR) is 212 cm³/mol. The Morgan fingerprint density at radius 1 is 1.10 bits per heavy atom. The SMILES string of the molecule is C=C(C(C)C(OC)C1CCCN1C)N(C)CCc1cccc(N)c1.CCC.CCC(C)C(C(CC=O)OC)N(C)C(=O)CNC(=O)C(C)N(C)C. The Labute approximate surface area is 311 Å². The van der Waals surface area contributed by atoms with Gasteiger partial charge in [0, 0.05) is 64.6 Å². The summed E-state index contributed by atoms with van der Waals surface area (Å²) in [6, 6.07) is 8.07. The van der Waals surface area contributed by atoms with Gasteiger partial charge in [0.1, 0.15) is 6.29 Å². The van der Waals surface area contributed by atoms with Crippen LogP contribution in [-0.4, -0.2) is 137 Å². The Kier molecular flexibility index (Phi) is 24.4. The quantitative estimate of drug-likeness (QED) is 0.151. The van der Waals surface area contributed by atoms with Gasteiger partial charge in [-0.3, -0.25) is 14.5 Å². The summed E-state index contributed by atoms with van der Waals surface area (Å²) >= 11 is 0. The number of likely N-dealkylation sites (N-methyl/N-ethyl adjacent to an activating group) is 4. The molecule has 294 valence electrons. The van der Waals surface area contributed by atoms with Gasteiger partial charge in [-0.05, 0) is 77.5 Å². The number of amides is 2. The van der Waals surface area contributed by atoms with Crippen molar-refractivity contribution in [3.8, 4) is 0 Å². The molecule has 1 heterocycles. The standard InChI is InChI=1S/C20H33N3O.C17H33N3O4.C3H8/c1-15(20(24-5)19-10-7-12-23(19)4)16(2)22(3)13-11-17-8-6-9-18(21)14-17;1-8-12(2)16(14(24-7)9-10-21)20(6)15(22)11-18-17(23)13(3)19(4)5;1-3-2/h6,8-9,14-15,19-20H,2,7,10-13,21H2,1,3-5H3;10,12-14,16H,8-9,11H2,1-7H3,(H,18,23);3H2,1-2H3. The minimum atomic E-state index is -0.359. The third-order valence-electron chi connectivity index (χ3n) is 10.1. The van der Waals surface area contributed by atoms with Crippen LogP contribution in [0.3, 0.4) is 0 Å². The van der Waals surface area contributed by atoms with Crippen molar-refractivity contribution in [2.75, 3.05) is 74.8 Å². The molecule has 1 aromatic carbocycles. The third kappa shape index (κ3) is 16.5. The second-order valence-electron chi connectivity index (χ2n) is 14.2. The number of anilines is 1. The molecule has 11 heteroatoms. The number of hydrogen-bond acceptors (Lipinski definition) is 9. The highest BCUT2D eigenvalue weighted by molar-refractivity contribution is 5.87. The summed E-state index contributed by atoms with van der Waals surface area (Å²) in [4.78, 5) is 43.4. The molecule has 11 nitrogen and oxygen atoms in total. The van der Waals surface area contributed by atoms with Crippen molar-refractivity contribution in [1.29, 1.82) is 0 Å². The summed E-state index contributed by atoms with van der Waals surface area (Å²) in [5.74, 6) is 0.0669. The van der Waals surface area contributed by atoms with Gasteiger partial charge in [-0.25, -0.2) is 0 Å². The highest BCUT2D eigenvalue weighted by Gasteiger charge is 2.35. The molecule has 0 radical (unpaired) electrons. The molecule has 2 rings (SSSR count). The van der Waals surface area contributed by atoms with Crippen LogP contribution in [0, 0.1) is 11.8 Å². The van der Waals surface area contributed by atoms with Crippen LogP contribution in [0.2, 0.25) is 0 Å². The van der Waals surface area contributed by atoms with Crippen molar-refractivity contribution >= 4 is 23.8 Å². The van der Waals surface area contributed by atoms with Gasteiger partial charge in [0.25, 0.3) is 0 Å². The van der Waals surface area contributed by atoms with Crippen molar-refractivity contribution < 1.29 is 23.9 Å². The number of methoxy groups -OCH3 is 2. The number of nitrogens with one attached hydrogen (secondary N) is 1. The number of likely N-dealkylation sites (tertiary alicyclic amines) is 1. The van der Waals surface area contributed by atoms with E-state index in [4.69, 9.17) is 15.2 Å². The van der Waals surface area contributed by atoms with Crippen molar-refractivity contribution in [3.05, 3.63) is 42.1 Å². The summed E-state index contributed by atoms with van der Waals surface area (Å²) in [5.41, 5.74) is 9.10. The fraction of sp³-hybridized carbons (Fsp3) is 0.725. The summed E-state index contributed by atoms with van der Waals surface area (Å²) in [7, 11) is 13.0. The van der Waals surface area contributed by atoms with E-state index in [0.717, 1.165) is 43.6 Å². The second kappa shape index (κ2) is 25.9. The molecule has 1 aliphatic rings. The van der Waals surface area contributed by atoms with E-state index in [2.05, 4.69) is 62.6 Å². The van der Waals surface area contributed by atoms with Crippen LogP contribution in [0.5, 0.6) is 0 Å². The Balaban J connectivity index is 0.000000910. The zero-order valence-electron chi connectivity index (χ0n) is 34.4. The number of nitrogens with two attached hydrogens (primary N) is 1. The lowest BCUT2D eigenvalue weighted by molar-refractivity contribution is -0.138. The molecule has 7 unspecified atom stereocenters. The van der Waals surface area contributed by atoms with Crippen LogP contribution >= 0.6 is 0 Å². The van der Waals surface area contributed by atoms with Gasteiger partial charge in [-0.1, -0.05) is 66.2 Å². The number of carbonyl (C=O) groups is 3. The Morgan fingerprint density at radius 3 is 2.20 bits per heavy atom. The highest BCUT2D eigenvalue weighted by atomic mass is 16.5. The Morgan fingerprint density at radius 2 is 1.73 bits per heavy atom. The Hall–Kier alpha value is -2.99. The maximum atomic E-state index is 12.5. The fourth-order valence-electron chi connectivity index (χ4n) is 6.32. The second-order valence-corrected chi connectivity index (χ2v) is 14.2. The van der Waals surface area contributed by atoms with Crippen LogP contribution < -0.4 is 11.1 Å². The van der Waals surface area contributed by atoms with E-state index in [-0.39, 0.29) is 55.0 Å². The molecule has 0 aliphatic carbocycles. The number of ether oxygens (including phenoxy) is 2. The average Bonchev–Trinajstić information content (AvgIpc) is 3.53. The summed E-state index contributed by atoms with van der Waals surface area (Å²) in [6.07, 6.45) is 6.41. The molecule has 0 saturated carbocycles. The molecular formula is C40H74N6O5. The van der Waals surface area contributed by atoms with Crippen LogP contribution in [0.15, 0.2) is 36.5 Å². The van der Waals surface area contributed by atoms with Gasteiger partial charge in [0.05, 0.1) is 30.8 Å². The summed E-state index contributed by atoms with van der Waals surface area (Å²) in [5, 5.41) is 2.66. The van der Waals surface area contributed by atoms with Crippen molar-refractivity contribution in [1.82, 2.24) is 24.9 Å². The van der Waals surface area contributed by atoms with Crippen LogP contribution in [0.1, 0.15) is 79.2 Å². The van der Waals surface area contributed by atoms with Gasteiger partial charge >= 0.3 is 0 Å². The predicted octanol–water partition coefficient (Wildman–Crippen LogP) is 4.95. The number of benzene rings is 1. The van der Waals surface area contributed by atoms with Crippen molar-refractivity contribution in [2.24, 2.45) is 11.8 Å². The first kappa shape index (κ1) is 48.0. The zero-order valence-corrected chi connectivity index (χ0v) is 34.4. The normalized spacial score (nSPS) is 17.7. The van der Waals surface area contributed by atoms with Gasteiger partial charge in [0.15, 0.2) is 0 Å². The molecule has 51 heavy (non-hydrogen) atoms. The average molecular weight is 719 g/mol. The van der Waals surface area contributed by atoms with Crippen LogP contribution in [0.4, 0.5) is 5.69 Å². The van der Waals surface area contributed by atoms with Gasteiger partial charge < -0.3 is 40.0 Å². The molecule has 7 atom stereocenters. The number of nitrogens with zero attached hydrogens (tertiary/aromatic N) is 4. The first-order valence-corrected chi connectivity index (χ1v) is 18.7. The summed E-state index contributed by atoms with van der Waals surface area (Å²) < 4.78 is 11.3. The molecule has 0 bridgehead atoms. The zero-order chi connectivity index (χ0) is 39.3. The first-order chi connectivity index (χ1) is 24.1. The molecule has 1 aliphatic heterocycles. The lowest BCUT2D eigenvalue weighted by atomic mass is 9.91. The minimum absolute atomic E-state index is 0.0715. The van der Waals surface area contributed by atoms with E-state index in [0.29, 0.717) is 12.0 Å². The van der Waals surface area contributed by atoms with Crippen LogP contribution in [-0.2, 0) is 30.3 Å². The maximum absolute atomic E-state index is 12.5. The fourth-order valence-corrected chi connectivity index (χ4v) is 6.32. The molecular weight excluding hydrogens is 644 g/mol. The minimum Gasteiger partial charge on any atom is -0.399 e. The van der Waals surface area contributed by atoms with Gasteiger partial charge in [-0.2, -0.15) is 0 Å². The number of nitrogen functional groups attached to an aromatic ring is 1. The van der Waals surface area contributed by atoms with E-state index in [1.807, 2.05) is 39.2 Å². The lowest BCUT2D eigenvalue weighted by Crippen LogP contribution is -2.52. The van der Waals surface area contributed by atoms with Crippen LogP contribution in [0.25, 0.3) is 0 Å². The molecule has 1 aromatic rings. The molecule has 1 saturated heterocycles.